The number of hydrogen-bond acceptors (Lipinski definition) is 4. The molecule has 2 N–H and O–H groups in total. The van der Waals surface area contributed by atoms with Gasteiger partial charge in [0.25, 0.3) is 5.91 Å². The zero-order valence-electron chi connectivity index (χ0n) is 18.0. The lowest BCUT2D eigenvalue weighted by Gasteiger charge is -2.44. The largest absolute Gasteiger partial charge is 0.363 e. The van der Waals surface area contributed by atoms with Gasteiger partial charge in [-0.3, -0.25) is 9.59 Å². The molecule has 2 heterocycles. The van der Waals surface area contributed by atoms with Crippen molar-refractivity contribution in [3.63, 3.8) is 0 Å². The summed E-state index contributed by atoms with van der Waals surface area (Å²) in [6.45, 7) is 11.6. The number of carbonyl (C=O) groups is 2. The predicted octanol–water partition coefficient (Wildman–Crippen LogP) is 4.07. The van der Waals surface area contributed by atoms with Gasteiger partial charge in [0.1, 0.15) is 5.82 Å². The summed E-state index contributed by atoms with van der Waals surface area (Å²) in [6, 6.07) is 11.4. The number of hydrogen-bond donors (Lipinski definition) is 2. The van der Waals surface area contributed by atoms with Gasteiger partial charge in [-0.05, 0) is 63.6 Å². The van der Waals surface area contributed by atoms with Crippen LogP contribution in [-0.4, -0.2) is 28.9 Å². The van der Waals surface area contributed by atoms with Crippen LogP contribution in [0.4, 0.5) is 11.5 Å². The Balaban J connectivity index is 2.08. The van der Waals surface area contributed by atoms with Crippen molar-refractivity contribution in [2.75, 3.05) is 10.2 Å². The summed E-state index contributed by atoms with van der Waals surface area (Å²) in [4.78, 5) is 31.4. The number of anilines is 2. The molecule has 6 nitrogen and oxygen atoms in total. The van der Waals surface area contributed by atoms with Crippen molar-refractivity contribution in [3.8, 4) is 0 Å². The van der Waals surface area contributed by atoms with Crippen LogP contribution < -0.4 is 15.5 Å². The second-order valence-corrected chi connectivity index (χ2v) is 8.18. The lowest BCUT2D eigenvalue weighted by Crippen LogP contribution is -2.48. The van der Waals surface area contributed by atoms with Gasteiger partial charge in [0.2, 0.25) is 5.91 Å². The summed E-state index contributed by atoms with van der Waals surface area (Å²) in [5.74, 6) is 0.790. The summed E-state index contributed by atoms with van der Waals surface area (Å²) in [6.07, 6.45) is 0. The van der Waals surface area contributed by atoms with Gasteiger partial charge in [-0.2, -0.15) is 0 Å². The highest BCUT2D eigenvalue weighted by atomic mass is 16.2. The Hall–Kier alpha value is -2.89. The van der Waals surface area contributed by atoms with Crippen LogP contribution in [0.3, 0.4) is 0 Å². The van der Waals surface area contributed by atoms with E-state index >= 15 is 0 Å². The van der Waals surface area contributed by atoms with E-state index in [-0.39, 0.29) is 35.9 Å². The average molecular weight is 395 g/mol. The van der Waals surface area contributed by atoms with Crippen LogP contribution in [0.5, 0.6) is 0 Å². The molecule has 3 rings (SSSR count). The van der Waals surface area contributed by atoms with E-state index in [0.29, 0.717) is 5.56 Å². The van der Waals surface area contributed by atoms with E-state index in [1.54, 1.807) is 13.0 Å². The van der Waals surface area contributed by atoms with Gasteiger partial charge >= 0.3 is 0 Å². The SMILES string of the molecule is CC(=O)N1c2ccc(C(=O)NC(C)C)cc2[C@H](Nc2cccc(C)n2)[C@@H](C)[C@@H]1C. The Morgan fingerprint density at radius 2 is 1.86 bits per heavy atom. The highest BCUT2D eigenvalue weighted by Crippen LogP contribution is 2.42. The van der Waals surface area contributed by atoms with Gasteiger partial charge in [0, 0.05) is 41.9 Å². The molecule has 0 radical (unpaired) electrons. The number of nitrogens with one attached hydrogen (secondary N) is 2. The zero-order chi connectivity index (χ0) is 21.3. The Bertz CT molecular complexity index is 925. The van der Waals surface area contributed by atoms with Crippen LogP contribution in [0.2, 0.25) is 0 Å². The van der Waals surface area contributed by atoms with Crippen LogP contribution >= 0.6 is 0 Å². The number of amides is 2. The number of nitrogens with zero attached hydrogens (tertiary/aromatic N) is 2. The van der Waals surface area contributed by atoms with E-state index in [4.69, 9.17) is 0 Å². The normalized spacial score (nSPS) is 20.9. The summed E-state index contributed by atoms with van der Waals surface area (Å²) < 4.78 is 0. The molecular formula is C23H30N4O2. The zero-order valence-corrected chi connectivity index (χ0v) is 18.0. The molecule has 2 amide bonds. The fourth-order valence-corrected chi connectivity index (χ4v) is 3.97. The monoisotopic (exact) mass is 394 g/mol. The van der Waals surface area contributed by atoms with E-state index < -0.39 is 0 Å². The molecule has 1 aliphatic heterocycles. The van der Waals surface area contributed by atoms with Crippen molar-refractivity contribution in [3.05, 3.63) is 53.2 Å². The molecule has 1 aliphatic rings. The molecule has 0 aliphatic carbocycles. The predicted molar refractivity (Wildman–Crippen MR) is 116 cm³/mol. The average Bonchev–Trinajstić information content (AvgIpc) is 2.64. The van der Waals surface area contributed by atoms with Crippen molar-refractivity contribution in [2.45, 2.75) is 59.7 Å². The number of aromatic nitrogens is 1. The number of fused-ring (bicyclic) bond motifs is 1. The maximum absolute atomic E-state index is 12.6. The molecule has 0 saturated carbocycles. The van der Waals surface area contributed by atoms with Crippen LogP contribution in [0.15, 0.2) is 36.4 Å². The number of rotatable bonds is 4. The maximum atomic E-state index is 12.6. The maximum Gasteiger partial charge on any atom is 0.251 e. The molecule has 3 atom stereocenters. The van der Waals surface area contributed by atoms with Crippen molar-refractivity contribution in [1.29, 1.82) is 0 Å². The molecule has 0 unspecified atom stereocenters. The van der Waals surface area contributed by atoms with E-state index in [1.165, 1.54) is 0 Å². The van der Waals surface area contributed by atoms with Gasteiger partial charge in [-0.1, -0.05) is 13.0 Å². The molecule has 1 aromatic carbocycles. The smallest absolute Gasteiger partial charge is 0.251 e. The first-order chi connectivity index (χ1) is 13.7. The second-order valence-electron chi connectivity index (χ2n) is 8.18. The third-order valence-electron chi connectivity index (χ3n) is 5.53. The van der Waals surface area contributed by atoms with Crippen molar-refractivity contribution >= 4 is 23.3 Å². The number of pyridine rings is 1. The van der Waals surface area contributed by atoms with Crippen LogP contribution in [0, 0.1) is 12.8 Å². The first kappa shape index (κ1) is 20.8. The molecule has 6 heteroatoms. The van der Waals surface area contributed by atoms with E-state index in [0.717, 1.165) is 22.8 Å². The standard InChI is InChI=1S/C23H30N4O2/c1-13(2)24-23(29)18-10-11-20-19(12-18)22(15(4)16(5)27(20)17(6)28)26-21-9-7-8-14(3)25-21/h7-13,15-16,22H,1-6H3,(H,24,29)(H,25,26)/t15-,16-,22+/m0/s1. The van der Waals surface area contributed by atoms with Gasteiger partial charge in [0.15, 0.2) is 0 Å². The molecular weight excluding hydrogens is 364 g/mol. The second kappa shape index (κ2) is 8.23. The number of aryl methyl sites for hydroxylation is 1. The lowest BCUT2D eigenvalue weighted by molar-refractivity contribution is -0.117. The number of carbonyl (C=O) groups excluding carboxylic acids is 2. The summed E-state index contributed by atoms with van der Waals surface area (Å²) >= 11 is 0. The lowest BCUT2D eigenvalue weighted by atomic mass is 9.82. The van der Waals surface area contributed by atoms with Gasteiger partial charge in [-0.25, -0.2) is 4.98 Å². The quantitative estimate of drug-likeness (QED) is 0.820. The first-order valence-electron chi connectivity index (χ1n) is 10.1. The molecule has 1 aromatic heterocycles. The Kier molecular flexibility index (Phi) is 5.91. The molecule has 0 spiro atoms. The van der Waals surface area contributed by atoms with E-state index in [9.17, 15) is 9.59 Å². The van der Waals surface area contributed by atoms with Crippen molar-refractivity contribution in [1.82, 2.24) is 10.3 Å². The van der Waals surface area contributed by atoms with Crippen molar-refractivity contribution in [2.24, 2.45) is 5.92 Å². The number of benzene rings is 1. The summed E-state index contributed by atoms with van der Waals surface area (Å²) in [5.41, 5.74) is 3.30. The minimum absolute atomic E-state index is 0.00267. The molecule has 29 heavy (non-hydrogen) atoms. The molecule has 0 saturated heterocycles. The molecule has 0 fully saturated rings. The molecule has 0 bridgehead atoms. The van der Waals surface area contributed by atoms with Crippen molar-refractivity contribution < 1.29 is 9.59 Å². The molecule has 2 aromatic rings. The van der Waals surface area contributed by atoms with Gasteiger partial charge in [0.05, 0.1) is 6.04 Å². The van der Waals surface area contributed by atoms with Crippen LogP contribution in [0.25, 0.3) is 0 Å². The Labute approximate surface area is 172 Å². The first-order valence-corrected chi connectivity index (χ1v) is 10.1. The minimum Gasteiger partial charge on any atom is -0.363 e. The highest BCUT2D eigenvalue weighted by Gasteiger charge is 2.38. The van der Waals surface area contributed by atoms with Crippen LogP contribution in [-0.2, 0) is 4.79 Å². The third kappa shape index (κ3) is 4.26. The van der Waals surface area contributed by atoms with E-state index in [2.05, 4.69) is 29.5 Å². The highest BCUT2D eigenvalue weighted by molar-refractivity contribution is 5.98. The molecule has 154 valence electrons. The van der Waals surface area contributed by atoms with E-state index in [1.807, 2.05) is 56.0 Å². The Morgan fingerprint density at radius 1 is 1.14 bits per heavy atom. The summed E-state index contributed by atoms with van der Waals surface area (Å²) in [5, 5.41) is 6.48. The fourth-order valence-electron chi connectivity index (χ4n) is 3.97. The fraction of sp³-hybridized carbons (Fsp3) is 0.435. The third-order valence-corrected chi connectivity index (χ3v) is 5.53. The van der Waals surface area contributed by atoms with Crippen LogP contribution in [0.1, 0.15) is 62.3 Å². The summed E-state index contributed by atoms with van der Waals surface area (Å²) in [7, 11) is 0. The van der Waals surface area contributed by atoms with Gasteiger partial charge in [-0.15, -0.1) is 0 Å². The minimum atomic E-state index is -0.115. The topological polar surface area (TPSA) is 74.3 Å². The van der Waals surface area contributed by atoms with Gasteiger partial charge < -0.3 is 15.5 Å². The Morgan fingerprint density at radius 3 is 2.48 bits per heavy atom.